The van der Waals surface area contributed by atoms with Crippen LogP contribution < -0.4 is 5.56 Å². The van der Waals surface area contributed by atoms with E-state index >= 15 is 0 Å². The summed E-state index contributed by atoms with van der Waals surface area (Å²) in [6.07, 6.45) is 0. The molecule has 0 atom stereocenters. The van der Waals surface area contributed by atoms with Gasteiger partial charge in [0.1, 0.15) is 0 Å². The van der Waals surface area contributed by atoms with Crippen molar-refractivity contribution in [1.82, 2.24) is 4.57 Å². The molecule has 6 nitrogen and oxygen atoms in total. The highest BCUT2D eigenvalue weighted by molar-refractivity contribution is 6.11. The van der Waals surface area contributed by atoms with E-state index in [0.29, 0.717) is 16.8 Å². The van der Waals surface area contributed by atoms with Gasteiger partial charge in [-0.15, -0.1) is 0 Å². The van der Waals surface area contributed by atoms with Gasteiger partial charge in [-0.25, -0.2) is 9.59 Å². The molecule has 33 heavy (non-hydrogen) atoms. The number of methoxy groups -OCH3 is 2. The maximum Gasteiger partial charge on any atom is 0.340 e. The van der Waals surface area contributed by atoms with Crippen molar-refractivity contribution in [2.45, 2.75) is 0 Å². The Kier molecular flexibility index (Phi) is 6.17. The molecule has 0 saturated carbocycles. The summed E-state index contributed by atoms with van der Waals surface area (Å²) in [6.45, 7) is 0. The van der Waals surface area contributed by atoms with Crippen LogP contribution >= 0.6 is 0 Å². The smallest absolute Gasteiger partial charge is 0.340 e. The number of hydrogen-bond acceptors (Lipinski definition) is 5. The quantitative estimate of drug-likeness (QED) is 0.420. The fourth-order valence-electron chi connectivity index (χ4n) is 3.85. The van der Waals surface area contributed by atoms with Crippen LogP contribution in [0.1, 0.15) is 20.7 Å². The fourth-order valence-corrected chi connectivity index (χ4v) is 3.85. The maximum absolute atomic E-state index is 14.1. The van der Waals surface area contributed by atoms with E-state index in [1.807, 2.05) is 12.1 Å². The molecule has 0 bridgehead atoms. The third-order valence-electron chi connectivity index (χ3n) is 5.28. The zero-order chi connectivity index (χ0) is 23.4. The summed E-state index contributed by atoms with van der Waals surface area (Å²) >= 11 is 0. The fraction of sp³-hybridized carbons (Fsp3) is 0.0741. The predicted molar refractivity (Wildman–Crippen MR) is 126 cm³/mol. The molecule has 1 aromatic heterocycles. The van der Waals surface area contributed by atoms with Crippen molar-refractivity contribution in [2.24, 2.45) is 0 Å². The molecule has 0 unspecified atom stereocenters. The van der Waals surface area contributed by atoms with Gasteiger partial charge in [-0.2, -0.15) is 0 Å². The first-order chi connectivity index (χ1) is 16.1. The minimum atomic E-state index is -0.802. The number of benzene rings is 3. The molecule has 0 aliphatic rings. The third-order valence-corrected chi connectivity index (χ3v) is 5.28. The molecule has 0 N–H and O–H groups in total. The van der Waals surface area contributed by atoms with Crippen molar-refractivity contribution in [3.8, 4) is 28.1 Å². The Hall–Kier alpha value is -4.45. The molecule has 3 aromatic carbocycles. The first-order valence-electron chi connectivity index (χ1n) is 10.2. The van der Waals surface area contributed by atoms with E-state index in [1.165, 1.54) is 18.8 Å². The molecule has 0 radical (unpaired) electrons. The predicted octanol–water partition coefficient (Wildman–Crippen LogP) is 4.74. The number of rotatable bonds is 5. The SMILES string of the molecule is COC(=O)c1c(C(=O)OC)c(-c2ccccc2)n(-c2ccccc2)c(=O)c1-c1ccccc1. The van der Waals surface area contributed by atoms with Gasteiger partial charge in [-0.3, -0.25) is 9.36 Å². The van der Waals surface area contributed by atoms with Crippen molar-refractivity contribution >= 4 is 11.9 Å². The molecule has 0 aliphatic heterocycles. The largest absolute Gasteiger partial charge is 0.465 e. The number of aromatic nitrogens is 1. The van der Waals surface area contributed by atoms with E-state index in [-0.39, 0.29) is 22.4 Å². The van der Waals surface area contributed by atoms with E-state index in [0.717, 1.165) is 0 Å². The van der Waals surface area contributed by atoms with Crippen LogP contribution in [0.25, 0.3) is 28.1 Å². The lowest BCUT2D eigenvalue weighted by molar-refractivity contribution is 0.0555. The Morgan fingerprint density at radius 1 is 0.636 bits per heavy atom. The topological polar surface area (TPSA) is 74.6 Å². The van der Waals surface area contributed by atoms with Gasteiger partial charge < -0.3 is 9.47 Å². The summed E-state index contributed by atoms with van der Waals surface area (Å²) in [6, 6.07) is 26.6. The molecule has 6 heteroatoms. The minimum Gasteiger partial charge on any atom is -0.465 e. The highest BCUT2D eigenvalue weighted by Crippen LogP contribution is 2.34. The first-order valence-corrected chi connectivity index (χ1v) is 10.2. The van der Waals surface area contributed by atoms with E-state index in [2.05, 4.69) is 0 Å². The van der Waals surface area contributed by atoms with Gasteiger partial charge in [-0.1, -0.05) is 78.9 Å². The Labute approximate surface area is 190 Å². The van der Waals surface area contributed by atoms with Crippen LogP contribution in [0.3, 0.4) is 0 Å². The molecule has 4 rings (SSSR count). The van der Waals surface area contributed by atoms with Crippen LogP contribution in [0.4, 0.5) is 0 Å². The van der Waals surface area contributed by atoms with Crippen LogP contribution in [0.5, 0.6) is 0 Å². The zero-order valence-corrected chi connectivity index (χ0v) is 18.1. The molecule has 0 fully saturated rings. The summed E-state index contributed by atoms with van der Waals surface area (Å²) in [7, 11) is 2.45. The van der Waals surface area contributed by atoms with Crippen molar-refractivity contribution in [2.75, 3.05) is 14.2 Å². The Morgan fingerprint density at radius 2 is 1.09 bits per heavy atom. The van der Waals surface area contributed by atoms with Gasteiger partial charge in [0.2, 0.25) is 0 Å². The zero-order valence-electron chi connectivity index (χ0n) is 18.1. The molecule has 0 aliphatic carbocycles. The Balaban J connectivity index is 2.30. The number of esters is 2. The molecule has 0 amide bonds. The van der Waals surface area contributed by atoms with Gasteiger partial charge in [0.25, 0.3) is 5.56 Å². The molecular formula is C27H21NO5. The van der Waals surface area contributed by atoms with Crippen LogP contribution in [0.2, 0.25) is 0 Å². The Bertz CT molecular complexity index is 1360. The minimum absolute atomic E-state index is 0.0437. The van der Waals surface area contributed by atoms with Gasteiger partial charge >= 0.3 is 11.9 Å². The van der Waals surface area contributed by atoms with Gasteiger partial charge in [0.15, 0.2) is 0 Å². The van der Waals surface area contributed by atoms with E-state index in [9.17, 15) is 14.4 Å². The van der Waals surface area contributed by atoms with Crippen LogP contribution in [-0.2, 0) is 9.47 Å². The number of carbonyl (C=O) groups is 2. The van der Waals surface area contributed by atoms with Crippen molar-refractivity contribution in [1.29, 1.82) is 0 Å². The second-order valence-electron chi connectivity index (χ2n) is 7.16. The van der Waals surface area contributed by atoms with Crippen LogP contribution in [-0.4, -0.2) is 30.7 Å². The van der Waals surface area contributed by atoms with E-state index in [1.54, 1.807) is 78.9 Å². The monoisotopic (exact) mass is 439 g/mol. The van der Waals surface area contributed by atoms with E-state index in [4.69, 9.17) is 9.47 Å². The summed E-state index contributed by atoms with van der Waals surface area (Å²) < 4.78 is 11.6. The average molecular weight is 439 g/mol. The molecule has 0 spiro atoms. The standard InChI is InChI=1S/C27H21NO5/c1-32-26(30)22-21(18-12-6-3-7-13-18)25(29)28(20-16-10-5-11-17-20)24(23(22)27(31)33-2)19-14-8-4-9-15-19/h3-17H,1-2H3. The Morgan fingerprint density at radius 3 is 1.61 bits per heavy atom. The third kappa shape index (κ3) is 3.94. The number of hydrogen-bond donors (Lipinski definition) is 0. The van der Waals surface area contributed by atoms with Crippen LogP contribution in [0.15, 0.2) is 95.8 Å². The number of carbonyl (C=O) groups excluding carboxylic acids is 2. The summed E-state index contributed by atoms with van der Waals surface area (Å²) in [5.41, 5.74) is 1.27. The second-order valence-corrected chi connectivity index (χ2v) is 7.16. The molecule has 4 aromatic rings. The highest BCUT2D eigenvalue weighted by Gasteiger charge is 2.32. The second kappa shape index (κ2) is 9.36. The van der Waals surface area contributed by atoms with Crippen LogP contribution in [0, 0.1) is 0 Å². The summed E-state index contributed by atoms with van der Waals surface area (Å²) in [4.78, 5) is 40.3. The highest BCUT2D eigenvalue weighted by atomic mass is 16.5. The number of pyridine rings is 1. The summed E-state index contributed by atoms with van der Waals surface area (Å²) in [5.74, 6) is -1.56. The molecule has 0 saturated heterocycles. The summed E-state index contributed by atoms with van der Waals surface area (Å²) in [5, 5.41) is 0. The first kappa shape index (κ1) is 21.8. The van der Waals surface area contributed by atoms with Gasteiger partial charge in [0, 0.05) is 5.69 Å². The normalized spacial score (nSPS) is 10.5. The lowest BCUT2D eigenvalue weighted by Gasteiger charge is -2.22. The van der Waals surface area contributed by atoms with Gasteiger partial charge in [-0.05, 0) is 23.3 Å². The molecule has 164 valence electrons. The maximum atomic E-state index is 14.1. The number of para-hydroxylation sites is 1. The van der Waals surface area contributed by atoms with Crippen molar-refractivity contribution in [3.05, 3.63) is 112 Å². The number of ether oxygens (including phenoxy) is 2. The lowest BCUT2D eigenvalue weighted by Crippen LogP contribution is -2.29. The van der Waals surface area contributed by atoms with Crippen molar-refractivity contribution < 1.29 is 19.1 Å². The van der Waals surface area contributed by atoms with E-state index < -0.39 is 17.5 Å². The lowest BCUT2D eigenvalue weighted by atomic mass is 9.92. The van der Waals surface area contributed by atoms with Gasteiger partial charge in [0.05, 0.1) is 36.6 Å². The molecule has 1 heterocycles. The average Bonchev–Trinajstić information content (AvgIpc) is 2.88. The number of nitrogens with zero attached hydrogens (tertiary/aromatic N) is 1. The molecular weight excluding hydrogens is 418 g/mol. The van der Waals surface area contributed by atoms with Crippen molar-refractivity contribution in [3.63, 3.8) is 0 Å².